The number of benzene rings is 1. The van der Waals surface area contributed by atoms with Gasteiger partial charge >= 0.3 is 0 Å². The smallest absolute Gasteiger partial charge is 0.254 e. The van der Waals surface area contributed by atoms with Crippen molar-refractivity contribution >= 4 is 17.5 Å². The van der Waals surface area contributed by atoms with Crippen LogP contribution in [0.25, 0.3) is 0 Å². The largest absolute Gasteiger partial charge is 0.333 e. The summed E-state index contributed by atoms with van der Waals surface area (Å²) in [6.07, 6.45) is 5.96. The third-order valence-electron chi connectivity index (χ3n) is 4.35. The van der Waals surface area contributed by atoms with Crippen LogP contribution in [0.2, 0.25) is 5.02 Å². The van der Waals surface area contributed by atoms with E-state index in [2.05, 4.69) is 4.90 Å². The van der Waals surface area contributed by atoms with E-state index < -0.39 is 0 Å². The van der Waals surface area contributed by atoms with Gasteiger partial charge in [0, 0.05) is 22.7 Å². The van der Waals surface area contributed by atoms with Crippen molar-refractivity contribution in [2.45, 2.75) is 51.1 Å². The van der Waals surface area contributed by atoms with Gasteiger partial charge in [0.15, 0.2) is 0 Å². The van der Waals surface area contributed by atoms with Crippen molar-refractivity contribution in [3.63, 3.8) is 0 Å². The Balaban J connectivity index is 1.88. The number of hydrogen-bond donors (Lipinski definition) is 0. The fraction of sp³-hybridized carbons (Fsp3) is 0.533. The molecule has 3 heteroatoms. The van der Waals surface area contributed by atoms with Gasteiger partial charge in [-0.25, -0.2) is 0 Å². The fourth-order valence-corrected chi connectivity index (χ4v) is 3.50. The number of rotatable bonds is 1. The van der Waals surface area contributed by atoms with E-state index in [1.807, 2.05) is 25.1 Å². The molecule has 2 bridgehead atoms. The van der Waals surface area contributed by atoms with Gasteiger partial charge < -0.3 is 4.90 Å². The number of carbonyl (C=O) groups is 1. The molecule has 2 fully saturated rings. The van der Waals surface area contributed by atoms with E-state index >= 15 is 0 Å². The van der Waals surface area contributed by atoms with Crippen molar-refractivity contribution in [2.24, 2.45) is 0 Å². The molecule has 1 aromatic carbocycles. The Morgan fingerprint density at radius 2 is 1.89 bits per heavy atom. The summed E-state index contributed by atoms with van der Waals surface area (Å²) in [7, 11) is 0. The van der Waals surface area contributed by atoms with Crippen LogP contribution in [-0.4, -0.2) is 22.9 Å². The Labute approximate surface area is 113 Å². The molecule has 2 heterocycles. The summed E-state index contributed by atoms with van der Waals surface area (Å²) in [5.41, 5.74) is 1.76. The first kappa shape index (κ1) is 12.0. The minimum atomic E-state index is 0.170. The van der Waals surface area contributed by atoms with E-state index in [0.717, 1.165) is 11.1 Å². The zero-order valence-electron chi connectivity index (χ0n) is 10.7. The number of nitrogens with zero attached hydrogens (tertiary/aromatic N) is 1. The summed E-state index contributed by atoms with van der Waals surface area (Å²) < 4.78 is 0. The number of aryl methyl sites for hydroxylation is 1. The summed E-state index contributed by atoms with van der Waals surface area (Å²) in [6, 6.07) is 6.58. The summed E-state index contributed by atoms with van der Waals surface area (Å²) in [6.45, 7) is 1.96. The molecule has 0 aliphatic carbocycles. The Morgan fingerprint density at radius 3 is 2.50 bits per heavy atom. The summed E-state index contributed by atoms with van der Waals surface area (Å²) in [5, 5.41) is 0.685. The van der Waals surface area contributed by atoms with Crippen LogP contribution in [0.15, 0.2) is 18.2 Å². The number of hydrogen-bond acceptors (Lipinski definition) is 1. The van der Waals surface area contributed by atoms with E-state index in [0.29, 0.717) is 17.1 Å². The van der Waals surface area contributed by atoms with E-state index in [1.54, 1.807) is 0 Å². The van der Waals surface area contributed by atoms with Crippen LogP contribution in [-0.2, 0) is 0 Å². The zero-order valence-corrected chi connectivity index (χ0v) is 11.4. The highest BCUT2D eigenvalue weighted by molar-refractivity contribution is 6.31. The van der Waals surface area contributed by atoms with Crippen molar-refractivity contribution in [1.29, 1.82) is 0 Å². The predicted molar refractivity (Wildman–Crippen MR) is 73.0 cm³/mol. The number of amides is 1. The van der Waals surface area contributed by atoms with Crippen LogP contribution >= 0.6 is 11.6 Å². The lowest BCUT2D eigenvalue weighted by molar-refractivity contribution is 0.0595. The molecule has 2 saturated heterocycles. The van der Waals surface area contributed by atoms with Crippen LogP contribution in [0, 0.1) is 6.92 Å². The van der Waals surface area contributed by atoms with E-state index in [9.17, 15) is 4.79 Å². The molecule has 2 aliphatic rings. The minimum Gasteiger partial charge on any atom is -0.333 e. The lowest BCUT2D eigenvalue weighted by Gasteiger charge is -2.35. The Morgan fingerprint density at radius 1 is 1.22 bits per heavy atom. The Bertz CT molecular complexity index is 469. The van der Waals surface area contributed by atoms with Crippen molar-refractivity contribution in [1.82, 2.24) is 4.90 Å². The molecule has 0 spiro atoms. The average molecular weight is 264 g/mol. The molecule has 18 heavy (non-hydrogen) atoms. The van der Waals surface area contributed by atoms with E-state index in [1.165, 1.54) is 32.1 Å². The van der Waals surface area contributed by atoms with Gasteiger partial charge in [0.05, 0.1) is 0 Å². The monoisotopic (exact) mass is 263 g/mol. The third kappa shape index (κ3) is 1.93. The summed E-state index contributed by atoms with van der Waals surface area (Å²) >= 11 is 6.11. The number of piperidine rings is 1. The van der Waals surface area contributed by atoms with Gasteiger partial charge in [0.1, 0.15) is 0 Å². The van der Waals surface area contributed by atoms with Crippen molar-refractivity contribution in [2.75, 3.05) is 0 Å². The van der Waals surface area contributed by atoms with Gasteiger partial charge in [0.25, 0.3) is 5.91 Å². The molecule has 0 N–H and O–H groups in total. The highest BCUT2D eigenvalue weighted by Gasteiger charge is 2.39. The summed E-state index contributed by atoms with van der Waals surface area (Å²) in [5.74, 6) is 0.170. The molecule has 2 aliphatic heterocycles. The first-order valence-electron chi connectivity index (χ1n) is 6.75. The van der Waals surface area contributed by atoms with Gasteiger partial charge in [-0.3, -0.25) is 4.79 Å². The number of carbonyl (C=O) groups excluding carboxylic acids is 1. The maximum Gasteiger partial charge on any atom is 0.254 e. The summed E-state index contributed by atoms with van der Waals surface area (Å²) in [4.78, 5) is 14.7. The Kier molecular flexibility index (Phi) is 3.06. The van der Waals surface area contributed by atoms with Crippen LogP contribution in [0.5, 0.6) is 0 Å². The second kappa shape index (κ2) is 4.58. The molecule has 96 valence electrons. The fourth-order valence-electron chi connectivity index (χ4n) is 3.32. The van der Waals surface area contributed by atoms with Gasteiger partial charge in [0.2, 0.25) is 0 Å². The van der Waals surface area contributed by atoms with Crippen molar-refractivity contribution < 1.29 is 4.79 Å². The van der Waals surface area contributed by atoms with Crippen molar-refractivity contribution in [3.05, 3.63) is 34.3 Å². The zero-order chi connectivity index (χ0) is 12.7. The first-order chi connectivity index (χ1) is 8.66. The quantitative estimate of drug-likeness (QED) is 0.755. The second-order valence-corrected chi connectivity index (χ2v) is 5.90. The first-order valence-corrected chi connectivity index (χ1v) is 7.13. The molecule has 3 rings (SSSR count). The molecular formula is C15H18ClNO. The molecule has 2 nitrogen and oxygen atoms in total. The topological polar surface area (TPSA) is 20.3 Å². The van der Waals surface area contributed by atoms with Crippen molar-refractivity contribution in [3.8, 4) is 0 Å². The van der Waals surface area contributed by atoms with Crippen LogP contribution < -0.4 is 0 Å². The highest BCUT2D eigenvalue weighted by Crippen LogP contribution is 2.36. The maximum atomic E-state index is 12.6. The predicted octanol–water partition coefficient (Wildman–Crippen LogP) is 3.81. The van der Waals surface area contributed by atoms with Gasteiger partial charge in [-0.05, 0) is 56.7 Å². The molecule has 1 aromatic rings. The second-order valence-electron chi connectivity index (χ2n) is 5.49. The average Bonchev–Trinajstić information content (AvgIpc) is 2.61. The minimum absolute atomic E-state index is 0.170. The molecule has 2 atom stereocenters. The van der Waals surface area contributed by atoms with Gasteiger partial charge in [-0.15, -0.1) is 0 Å². The van der Waals surface area contributed by atoms with E-state index in [-0.39, 0.29) is 5.91 Å². The van der Waals surface area contributed by atoms with E-state index in [4.69, 9.17) is 11.6 Å². The standard InChI is InChI=1S/C15H18ClNO/c1-10-5-6-11(9-14(10)16)15(18)17-12-3-2-4-13(17)8-7-12/h5-6,9,12-13H,2-4,7-8H2,1H3. The lowest BCUT2D eigenvalue weighted by atomic mass is 10.0. The van der Waals surface area contributed by atoms with Gasteiger partial charge in [-0.2, -0.15) is 0 Å². The Hall–Kier alpha value is -1.02. The highest BCUT2D eigenvalue weighted by atomic mass is 35.5. The molecule has 1 amide bonds. The third-order valence-corrected chi connectivity index (χ3v) is 4.76. The normalized spacial score (nSPS) is 26.4. The molecule has 0 aromatic heterocycles. The van der Waals surface area contributed by atoms with Gasteiger partial charge in [-0.1, -0.05) is 17.7 Å². The molecule has 0 saturated carbocycles. The number of halogens is 1. The molecular weight excluding hydrogens is 246 g/mol. The molecule has 2 unspecified atom stereocenters. The van der Waals surface area contributed by atoms with Crippen LogP contribution in [0.1, 0.15) is 48.0 Å². The number of fused-ring (bicyclic) bond motifs is 2. The molecule has 0 radical (unpaired) electrons. The lowest BCUT2D eigenvalue weighted by Crippen LogP contribution is -2.43. The maximum absolute atomic E-state index is 12.6. The van der Waals surface area contributed by atoms with Crippen LogP contribution in [0.3, 0.4) is 0 Å². The SMILES string of the molecule is Cc1ccc(C(=O)N2C3CCCC2CC3)cc1Cl. The van der Waals surface area contributed by atoms with Crippen LogP contribution in [0.4, 0.5) is 0 Å².